The Morgan fingerprint density at radius 3 is 1.58 bits per heavy atom. The van der Waals surface area contributed by atoms with Crippen LogP contribution in [0.1, 0.15) is 73.8 Å². The molecule has 2 N–H and O–H groups in total. The molecule has 4 aromatic carbocycles. The Morgan fingerprint density at radius 2 is 1.08 bits per heavy atom. The molecular formula is C39H38Br2N2O9. The maximum Gasteiger partial charge on any atom is 0.346 e. The lowest BCUT2D eigenvalue weighted by atomic mass is 10.0. The number of amides is 2. The molecular weight excluding hydrogens is 800 g/mol. The van der Waals surface area contributed by atoms with E-state index in [4.69, 9.17) is 10.5 Å². The van der Waals surface area contributed by atoms with E-state index in [0.717, 1.165) is 25.8 Å². The van der Waals surface area contributed by atoms with Gasteiger partial charge < -0.3 is 19.9 Å². The molecule has 272 valence electrons. The van der Waals surface area contributed by atoms with Crippen molar-refractivity contribution >= 4 is 78.9 Å². The van der Waals surface area contributed by atoms with Crippen molar-refractivity contribution in [2.45, 2.75) is 34.1 Å². The fourth-order valence-electron chi connectivity index (χ4n) is 5.22. The summed E-state index contributed by atoms with van der Waals surface area (Å²) in [5, 5.41) is 0. The lowest BCUT2D eigenvalue weighted by Crippen LogP contribution is -2.29. The number of anilines is 2. The summed E-state index contributed by atoms with van der Waals surface area (Å²) in [5.41, 5.74) is 10.3. The molecule has 11 nitrogen and oxygen atoms in total. The van der Waals surface area contributed by atoms with Gasteiger partial charge in [-0.1, -0.05) is 77.4 Å². The molecule has 52 heavy (non-hydrogen) atoms. The van der Waals surface area contributed by atoms with Crippen molar-refractivity contribution in [1.82, 2.24) is 0 Å². The number of hydrogen-bond donors (Lipinski definition) is 1. The number of carbonyl (C=O) groups is 6. The summed E-state index contributed by atoms with van der Waals surface area (Å²) >= 11 is 6.51. The van der Waals surface area contributed by atoms with Gasteiger partial charge >= 0.3 is 23.9 Å². The number of nitrogens with zero attached hydrogens (tertiary/aromatic N) is 1. The average molecular weight is 839 g/mol. The van der Waals surface area contributed by atoms with Crippen LogP contribution in [-0.4, -0.2) is 49.9 Å². The number of hydrogen-bond acceptors (Lipinski definition) is 10. The maximum atomic E-state index is 12.6. The van der Waals surface area contributed by atoms with Crippen LogP contribution in [0.4, 0.5) is 11.4 Å². The quantitative estimate of drug-likeness (QED) is 0.0645. The van der Waals surface area contributed by atoms with Crippen molar-refractivity contribution in [3.63, 3.8) is 0 Å². The van der Waals surface area contributed by atoms with E-state index in [2.05, 4.69) is 41.3 Å². The summed E-state index contributed by atoms with van der Waals surface area (Å²) in [5.74, 6) is -2.62. The van der Waals surface area contributed by atoms with Crippen LogP contribution < -0.4 is 10.6 Å². The van der Waals surface area contributed by atoms with Crippen molar-refractivity contribution in [3.05, 3.63) is 127 Å². The highest BCUT2D eigenvalue weighted by molar-refractivity contribution is 9.10. The summed E-state index contributed by atoms with van der Waals surface area (Å²) in [6, 6.07) is 24.4. The van der Waals surface area contributed by atoms with Crippen LogP contribution in [0.25, 0.3) is 0 Å². The molecule has 2 atom stereocenters. The first-order valence-corrected chi connectivity index (χ1v) is 17.2. The number of cyclic esters (lactones) is 2. The summed E-state index contributed by atoms with van der Waals surface area (Å²) < 4.78 is 15.3. The van der Waals surface area contributed by atoms with E-state index >= 15 is 0 Å². The molecule has 0 saturated heterocycles. The van der Waals surface area contributed by atoms with Gasteiger partial charge in [0.25, 0.3) is 11.8 Å². The van der Waals surface area contributed by atoms with Crippen LogP contribution >= 0.6 is 31.9 Å². The maximum absolute atomic E-state index is 12.6. The summed E-state index contributed by atoms with van der Waals surface area (Å²) in [7, 11) is 2.77. The molecule has 0 radical (unpaired) electrons. The molecule has 0 aliphatic carbocycles. The van der Waals surface area contributed by atoms with Gasteiger partial charge in [0.1, 0.15) is 0 Å². The third kappa shape index (κ3) is 10.0. The second kappa shape index (κ2) is 18.4. The molecule has 2 aliphatic rings. The van der Waals surface area contributed by atoms with Gasteiger partial charge in [-0.3, -0.25) is 19.2 Å². The fourth-order valence-corrected chi connectivity index (χ4v) is 5.94. The third-order valence-corrected chi connectivity index (χ3v) is 8.91. The van der Waals surface area contributed by atoms with E-state index in [9.17, 15) is 28.8 Å². The third-order valence-electron chi connectivity index (χ3n) is 7.92. The zero-order valence-electron chi connectivity index (χ0n) is 28.1. The molecule has 0 spiro atoms. The minimum Gasteiger partial charge on any atom is -0.469 e. The number of rotatable bonds is 7. The summed E-state index contributed by atoms with van der Waals surface area (Å²) in [6.45, 7) is 3.64. The normalized spacial score (nSPS) is 13.5. The van der Waals surface area contributed by atoms with E-state index in [-0.39, 0.29) is 43.0 Å². The molecule has 4 aromatic rings. The zero-order chi connectivity index (χ0) is 37.4. The van der Waals surface area contributed by atoms with E-state index in [0.29, 0.717) is 40.8 Å². The van der Waals surface area contributed by atoms with Crippen LogP contribution in [0, 0.1) is 11.8 Å². The number of imide groups is 1. The first-order valence-electron chi connectivity index (χ1n) is 15.6. The molecule has 2 aliphatic heterocycles. The van der Waals surface area contributed by atoms with Gasteiger partial charge in [0.2, 0.25) is 0 Å². The number of nitrogens with two attached hydrogens (primary N) is 1. The standard InChI is InChI=1S/C19H16BrNO4.C11H15NO2.C8H3BrO3.CH4/c1-11(19(24)25-2)9-12-3-6-14(7-4-12)21-17(22)15-8-5-13(20)10-16(15)18(21)23;1-8(11(13)14-2)7-9-3-5-10(12)6-4-9;9-4-1-2-5-6(3-4)8(11)12-7(5)10;/h3-8,10-11H,9H2,1-2H3;3-6,8H,7,12H2,1-2H3;1-3H;1H4. The number of ether oxygens (including phenoxy) is 3. The zero-order valence-corrected chi connectivity index (χ0v) is 31.3. The van der Waals surface area contributed by atoms with Crippen molar-refractivity contribution in [3.8, 4) is 0 Å². The molecule has 0 saturated carbocycles. The number of halogens is 2. The Kier molecular flexibility index (Phi) is 14.6. The lowest BCUT2D eigenvalue weighted by Gasteiger charge is -2.15. The lowest BCUT2D eigenvalue weighted by molar-refractivity contribution is -0.145. The largest absolute Gasteiger partial charge is 0.469 e. The SMILES string of the molecule is C.COC(=O)C(C)Cc1ccc(N)cc1.COC(=O)C(C)Cc1ccc(N2C(=O)c3ccc(Br)cc3C2=O)cc1.O=C1OC(=O)c2cc(Br)ccc21. The number of benzene rings is 4. The van der Waals surface area contributed by atoms with Crippen LogP contribution in [0.2, 0.25) is 0 Å². The smallest absolute Gasteiger partial charge is 0.346 e. The Bertz CT molecular complexity index is 1980. The van der Waals surface area contributed by atoms with Crippen LogP contribution in [0.3, 0.4) is 0 Å². The molecule has 0 aromatic heterocycles. The minimum absolute atomic E-state index is 0. The summed E-state index contributed by atoms with van der Waals surface area (Å²) in [4.78, 5) is 70.8. The molecule has 13 heteroatoms. The molecule has 2 amide bonds. The predicted octanol–water partition coefficient (Wildman–Crippen LogP) is 7.62. The number of methoxy groups -OCH3 is 2. The first kappa shape index (κ1) is 41.3. The van der Waals surface area contributed by atoms with E-state index < -0.39 is 11.9 Å². The van der Waals surface area contributed by atoms with Crippen LogP contribution in [0.15, 0.2) is 93.9 Å². The number of fused-ring (bicyclic) bond motifs is 2. The van der Waals surface area contributed by atoms with Gasteiger partial charge in [0.05, 0.1) is 54.0 Å². The monoisotopic (exact) mass is 836 g/mol. The number of carbonyl (C=O) groups excluding carboxylic acids is 6. The topological polar surface area (TPSA) is 159 Å². The molecule has 0 fully saturated rings. The van der Waals surface area contributed by atoms with Gasteiger partial charge in [-0.25, -0.2) is 14.5 Å². The fraction of sp³-hybridized carbons (Fsp3) is 0.231. The Labute approximate surface area is 318 Å². The van der Waals surface area contributed by atoms with Crippen molar-refractivity contribution in [2.24, 2.45) is 11.8 Å². The summed E-state index contributed by atoms with van der Waals surface area (Å²) in [6.07, 6.45) is 1.22. The highest BCUT2D eigenvalue weighted by Gasteiger charge is 2.36. The van der Waals surface area contributed by atoms with E-state index in [1.54, 1.807) is 55.5 Å². The van der Waals surface area contributed by atoms with Crippen molar-refractivity contribution in [1.29, 1.82) is 0 Å². The van der Waals surface area contributed by atoms with Crippen LogP contribution in [0.5, 0.6) is 0 Å². The van der Waals surface area contributed by atoms with E-state index in [1.807, 2.05) is 43.3 Å². The number of nitrogen functional groups attached to an aromatic ring is 1. The van der Waals surface area contributed by atoms with Gasteiger partial charge in [-0.15, -0.1) is 0 Å². The van der Waals surface area contributed by atoms with E-state index in [1.165, 1.54) is 19.1 Å². The van der Waals surface area contributed by atoms with Gasteiger partial charge in [-0.2, -0.15) is 0 Å². The second-order valence-electron chi connectivity index (χ2n) is 11.7. The first-order chi connectivity index (χ1) is 24.2. The Balaban J connectivity index is 0.000000229. The number of esters is 4. The highest BCUT2D eigenvalue weighted by Crippen LogP contribution is 2.31. The molecule has 0 bridgehead atoms. The van der Waals surface area contributed by atoms with Gasteiger partial charge in [0.15, 0.2) is 0 Å². The molecule has 6 rings (SSSR count). The Morgan fingerprint density at radius 1 is 0.654 bits per heavy atom. The predicted molar refractivity (Wildman–Crippen MR) is 203 cm³/mol. The van der Waals surface area contributed by atoms with Gasteiger partial charge in [0, 0.05) is 14.6 Å². The molecule has 2 heterocycles. The average Bonchev–Trinajstić information content (AvgIpc) is 3.54. The Hall–Kier alpha value is -5.14. The van der Waals surface area contributed by atoms with Crippen molar-refractivity contribution in [2.75, 3.05) is 24.9 Å². The van der Waals surface area contributed by atoms with Crippen molar-refractivity contribution < 1.29 is 43.0 Å². The highest BCUT2D eigenvalue weighted by atomic mass is 79.9. The molecule has 2 unspecified atom stereocenters. The second-order valence-corrected chi connectivity index (χ2v) is 13.5. The van der Waals surface area contributed by atoms with Crippen LogP contribution in [-0.2, 0) is 36.6 Å². The van der Waals surface area contributed by atoms with Gasteiger partial charge in [-0.05, 0) is 84.6 Å². The minimum atomic E-state index is -0.573.